The zero-order valence-corrected chi connectivity index (χ0v) is 21.8. The molecule has 2 rings (SSSR count). The molecule has 0 saturated carbocycles. The summed E-state index contributed by atoms with van der Waals surface area (Å²) in [7, 11) is -0.0943. The summed E-state index contributed by atoms with van der Waals surface area (Å²) in [6.07, 6.45) is 2.35. The van der Waals surface area contributed by atoms with Crippen LogP contribution in [0.15, 0.2) is 45.7 Å². The van der Waals surface area contributed by atoms with Crippen molar-refractivity contribution in [2.45, 2.75) is 57.1 Å². The molecule has 0 unspecified atom stereocenters. The highest BCUT2D eigenvalue weighted by atomic mass is 32.2. The van der Waals surface area contributed by atoms with Crippen molar-refractivity contribution in [3.63, 3.8) is 0 Å². The lowest BCUT2D eigenvalue weighted by molar-refractivity contribution is 0.291. The van der Waals surface area contributed by atoms with Gasteiger partial charge in [0.2, 0.25) is 0 Å². The van der Waals surface area contributed by atoms with Crippen molar-refractivity contribution in [1.82, 2.24) is 0 Å². The van der Waals surface area contributed by atoms with Gasteiger partial charge in [-0.2, -0.15) is 4.40 Å². The molecule has 2 aromatic carbocycles. The van der Waals surface area contributed by atoms with Crippen molar-refractivity contribution in [3.05, 3.63) is 53.1 Å². The Labute approximate surface area is 190 Å². The van der Waals surface area contributed by atoms with E-state index in [1.165, 1.54) is 0 Å². The Kier molecular flexibility index (Phi) is 8.62. The van der Waals surface area contributed by atoms with Gasteiger partial charge in [-0.05, 0) is 61.3 Å². The van der Waals surface area contributed by atoms with Crippen LogP contribution >= 0.6 is 0 Å². The Morgan fingerprint density at radius 1 is 1.03 bits per heavy atom. The van der Waals surface area contributed by atoms with Crippen molar-refractivity contribution in [3.8, 4) is 11.5 Å². The molecule has 0 radical (unpaired) electrons. The van der Waals surface area contributed by atoms with E-state index in [2.05, 4.69) is 38.3 Å². The van der Waals surface area contributed by atoms with Gasteiger partial charge in [-0.25, -0.2) is 4.21 Å². The molecule has 0 aromatic heterocycles. The second-order valence-corrected chi connectivity index (χ2v) is 15.1. The number of hydrogen-bond donors (Lipinski definition) is 0. The van der Waals surface area contributed by atoms with Gasteiger partial charge in [0.25, 0.3) is 0 Å². The third kappa shape index (κ3) is 6.76. The maximum Gasteiger partial charge on any atom is 0.191 e. The van der Waals surface area contributed by atoms with Crippen LogP contribution in [0.3, 0.4) is 0 Å². The normalized spacial score (nSPS) is 13.4. The van der Waals surface area contributed by atoms with Crippen molar-refractivity contribution in [2.24, 2.45) is 4.40 Å². The van der Waals surface area contributed by atoms with Crippen LogP contribution in [-0.4, -0.2) is 39.6 Å². The van der Waals surface area contributed by atoms with Crippen LogP contribution in [-0.2, 0) is 21.8 Å². The molecular weight excluding hydrogens is 426 g/mol. The molecular formula is C24H35NO4SSi. The minimum absolute atomic E-state index is 0.153. The average Bonchev–Trinajstić information content (AvgIpc) is 2.71. The minimum Gasteiger partial charge on any atom is -0.493 e. The van der Waals surface area contributed by atoms with Crippen LogP contribution in [0.5, 0.6) is 11.5 Å². The average molecular weight is 462 g/mol. The quantitative estimate of drug-likeness (QED) is 0.354. The molecule has 0 N–H and O–H groups in total. The van der Waals surface area contributed by atoms with Crippen LogP contribution in [0.25, 0.3) is 0 Å². The third-order valence-corrected chi connectivity index (χ3v) is 11.3. The van der Waals surface area contributed by atoms with Gasteiger partial charge < -0.3 is 13.9 Å². The van der Waals surface area contributed by atoms with Crippen LogP contribution in [0, 0.1) is 6.92 Å². The monoisotopic (exact) mass is 461 g/mol. The molecule has 2 aromatic rings. The summed E-state index contributed by atoms with van der Waals surface area (Å²) in [5.74, 6) is 1.26. The van der Waals surface area contributed by atoms with Gasteiger partial charge in [0.1, 0.15) is 0 Å². The summed E-state index contributed by atoms with van der Waals surface area (Å²) >= 11 is 0. The van der Waals surface area contributed by atoms with Gasteiger partial charge >= 0.3 is 0 Å². The van der Waals surface area contributed by atoms with Crippen LogP contribution < -0.4 is 9.47 Å². The number of benzene rings is 2. The van der Waals surface area contributed by atoms with Gasteiger partial charge in [0.15, 0.2) is 30.8 Å². The maximum atomic E-state index is 12.6. The summed E-state index contributed by atoms with van der Waals surface area (Å²) in [5, 5.41) is 0.153. The maximum absolute atomic E-state index is 12.6. The molecule has 0 saturated heterocycles. The Morgan fingerprint density at radius 2 is 1.61 bits per heavy atom. The predicted octanol–water partition coefficient (Wildman–Crippen LogP) is 5.72. The van der Waals surface area contributed by atoms with Crippen molar-refractivity contribution < 1.29 is 18.1 Å². The van der Waals surface area contributed by atoms with E-state index in [0.29, 0.717) is 29.4 Å². The van der Waals surface area contributed by atoms with Gasteiger partial charge in [0.05, 0.1) is 19.1 Å². The molecule has 5 nitrogen and oxygen atoms in total. The van der Waals surface area contributed by atoms with E-state index in [-0.39, 0.29) is 5.04 Å². The van der Waals surface area contributed by atoms with E-state index in [4.69, 9.17) is 13.9 Å². The highest BCUT2D eigenvalue weighted by Gasteiger charge is 2.36. The Morgan fingerprint density at radius 3 is 2.16 bits per heavy atom. The lowest BCUT2D eigenvalue weighted by Gasteiger charge is -2.36. The number of nitrogens with zero attached hydrogens (tertiary/aromatic N) is 1. The number of aryl methyl sites for hydroxylation is 1. The standard InChI is InChI=1S/C24H35NO4SSi/c1-18-9-11-21(12-10-18)30(26)25-17-20-16-23(28-6)22(27-5)15-19(20)13-14-29-31(7,8)24(2,3)4/h9-12,15-17H,13-14H2,1-8H3/b25-17+/t30-/m0/s1. The fourth-order valence-corrected chi connectivity index (χ4v) is 4.47. The first kappa shape index (κ1) is 25.3. The smallest absolute Gasteiger partial charge is 0.191 e. The third-order valence-electron chi connectivity index (χ3n) is 5.80. The molecule has 0 fully saturated rings. The first-order valence-corrected chi connectivity index (χ1v) is 14.4. The zero-order valence-electron chi connectivity index (χ0n) is 19.9. The fraction of sp³-hybridized carbons (Fsp3) is 0.458. The Hall–Kier alpha value is -1.96. The number of hydrogen-bond acceptors (Lipinski definition) is 4. The van der Waals surface area contributed by atoms with Crippen molar-refractivity contribution in [2.75, 3.05) is 20.8 Å². The second-order valence-electron chi connectivity index (χ2n) is 9.06. The molecule has 0 spiro atoms. The van der Waals surface area contributed by atoms with E-state index in [0.717, 1.165) is 16.7 Å². The van der Waals surface area contributed by atoms with E-state index < -0.39 is 19.3 Å². The SMILES string of the molecule is COc1cc(/C=N/[S@@](=O)c2ccc(C)cc2)c(CCO[Si](C)(C)C(C)(C)C)cc1OC. The van der Waals surface area contributed by atoms with E-state index in [9.17, 15) is 4.21 Å². The summed E-state index contributed by atoms with van der Waals surface area (Å²) in [6, 6.07) is 11.4. The topological polar surface area (TPSA) is 57.1 Å². The van der Waals surface area contributed by atoms with Gasteiger partial charge in [-0.15, -0.1) is 0 Å². The number of ether oxygens (including phenoxy) is 2. The van der Waals surface area contributed by atoms with Crippen LogP contribution in [0.2, 0.25) is 18.1 Å². The van der Waals surface area contributed by atoms with Gasteiger partial charge in [0, 0.05) is 18.4 Å². The lowest BCUT2D eigenvalue weighted by atomic mass is 10.0. The molecule has 0 bridgehead atoms. The first-order valence-electron chi connectivity index (χ1n) is 10.4. The molecule has 1 atom stereocenters. The van der Waals surface area contributed by atoms with Crippen LogP contribution in [0.1, 0.15) is 37.5 Å². The van der Waals surface area contributed by atoms with E-state index >= 15 is 0 Å². The Bertz CT molecular complexity index is 934. The summed E-state index contributed by atoms with van der Waals surface area (Å²) in [6.45, 7) is 13.8. The highest BCUT2D eigenvalue weighted by Crippen LogP contribution is 2.37. The van der Waals surface area contributed by atoms with E-state index in [1.807, 2.05) is 43.3 Å². The minimum atomic E-state index is -1.84. The van der Waals surface area contributed by atoms with E-state index in [1.54, 1.807) is 20.4 Å². The largest absolute Gasteiger partial charge is 0.493 e. The fourth-order valence-electron chi connectivity index (χ4n) is 2.73. The molecule has 0 aliphatic heterocycles. The molecule has 0 aliphatic rings. The van der Waals surface area contributed by atoms with Gasteiger partial charge in [-0.1, -0.05) is 38.5 Å². The first-order chi connectivity index (χ1) is 14.5. The molecule has 0 amide bonds. The lowest BCUT2D eigenvalue weighted by Crippen LogP contribution is -2.41. The summed E-state index contributed by atoms with van der Waals surface area (Å²) in [4.78, 5) is 0.671. The number of rotatable bonds is 9. The molecule has 0 heterocycles. The molecule has 7 heteroatoms. The number of methoxy groups -OCH3 is 2. The van der Waals surface area contributed by atoms with Crippen molar-refractivity contribution >= 4 is 25.5 Å². The molecule has 170 valence electrons. The van der Waals surface area contributed by atoms with Gasteiger partial charge in [-0.3, -0.25) is 0 Å². The predicted molar refractivity (Wildman–Crippen MR) is 132 cm³/mol. The molecule has 0 aliphatic carbocycles. The zero-order chi connectivity index (χ0) is 23.2. The summed E-state index contributed by atoms with van der Waals surface area (Å²) < 4.78 is 34.2. The van der Waals surface area contributed by atoms with Crippen LogP contribution in [0.4, 0.5) is 0 Å². The van der Waals surface area contributed by atoms with Crippen molar-refractivity contribution in [1.29, 1.82) is 0 Å². The second kappa shape index (κ2) is 10.6. The Balaban J connectivity index is 2.28. The summed E-state index contributed by atoms with van der Waals surface area (Å²) in [5.41, 5.74) is 2.98. The molecule has 31 heavy (non-hydrogen) atoms. The highest BCUT2D eigenvalue weighted by molar-refractivity contribution is 7.83.